The Kier molecular flexibility index (Phi) is 3.61. The lowest BCUT2D eigenvalue weighted by atomic mass is 10.3. The van der Waals surface area contributed by atoms with Crippen LogP contribution in [0, 0.1) is 0 Å². The largest absolute Gasteiger partial charge is 0.506 e. The zero-order valence-electron chi connectivity index (χ0n) is 8.67. The van der Waals surface area contributed by atoms with E-state index in [0.717, 1.165) is 6.07 Å². The molecule has 0 aromatic heterocycles. The molecule has 0 radical (unpaired) electrons. The highest BCUT2D eigenvalue weighted by Crippen LogP contribution is 2.33. The summed E-state index contributed by atoms with van der Waals surface area (Å²) in [6, 6.07) is 2.23. The Bertz CT molecular complexity index is 483. The minimum atomic E-state index is -3.68. The van der Waals surface area contributed by atoms with Crippen molar-refractivity contribution in [1.29, 1.82) is 0 Å². The van der Waals surface area contributed by atoms with Gasteiger partial charge in [-0.15, -0.1) is 0 Å². The number of benzene rings is 1. The van der Waals surface area contributed by atoms with Gasteiger partial charge in [0.25, 0.3) is 0 Å². The molecule has 90 valence electrons. The minimum absolute atomic E-state index is 0.0276. The van der Waals surface area contributed by atoms with Crippen LogP contribution in [0.25, 0.3) is 0 Å². The normalized spacial score (nSPS) is 11.4. The fourth-order valence-electron chi connectivity index (χ4n) is 1.20. The van der Waals surface area contributed by atoms with Crippen LogP contribution in [0.3, 0.4) is 0 Å². The summed E-state index contributed by atoms with van der Waals surface area (Å²) in [5, 5.41) is 18.0. The van der Waals surface area contributed by atoms with Crippen LogP contribution in [0.5, 0.6) is 11.5 Å². The van der Waals surface area contributed by atoms with Gasteiger partial charge in [-0.2, -0.15) is 0 Å². The Labute approximate surface area is 93.2 Å². The number of aromatic hydroxyl groups is 1. The lowest BCUT2D eigenvalue weighted by Crippen LogP contribution is -2.11. The SMILES string of the molecule is COc1cc(N)c(O)cc1S(=O)(=O)CCO. The average Bonchev–Trinajstić information content (AvgIpc) is 2.21. The van der Waals surface area contributed by atoms with Crippen molar-refractivity contribution in [2.45, 2.75) is 4.90 Å². The van der Waals surface area contributed by atoms with Gasteiger partial charge in [0.15, 0.2) is 9.84 Å². The fraction of sp³-hybridized carbons (Fsp3) is 0.333. The number of sulfone groups is 1. The summed E-state index contributed by atoms with van der Waals surface area (Å²) in [6.07, 6.45) is 0. The second-order valence-electron chi connectivity index (χ2n) is 3.10. The smallest absolute Gasteiger partial charge is 0.184 e. The number of rotatable bonds is 4. The standard InChI is InChI=1S/C9H13NO5S/c1-15-8-4-6(10)7(12)5-9(8)16(13,14)3-2-11/h4-5,11-12H,2-3,10H2,1H3. The molecule has 1 aromatic rings. The molecular formula is C9H13NO5S. The first-order valence-electron chi connectivity index (χ1n) is 4.42. The number of aliphatic hydroxyl groups is 1. The highest BCUT2D eigenvalue weighted by molar-refractivity contribution is 7.91. The van der Waals surface area contributed by atoms with Gasteiger partial charge < -0.3 is 20.7 Å². The summed E-state index contributed by atoms with van der Waals surface area (Å²) >= 11 is 0. The Morgan fingerprint density at radius 1 is 1.44 bits per heavy atom. The molecule has 7 heteroatoms. The molecule has 0 aliphatic carbocycles. The molecule has 0 unspecified atom stereocenters. The number of ether oxygens (including phenoxy) is 1. The van der Waals surface area contributed by atoms with Gasteiger partial charge in [0.05, 0.1) is 25.2 Å². The summed E-state index contributed by atoms with van der Waals surface area (Å²) in [7, 11) is -2.39. The Morgan fingerprint density at radius 3 is 2.56 bits per heavy atom. The van der Waals surface area contributed by atoms with Crippen molar-refractivity contribution in [2.75, 3.05) is 25.2 Å². The van der Waals surface area contributed by atoms with Gasteiger partial charge >= 0.3 is 0 Å². The summed E-state index contributed by atoms with van der Waals surface area (Å²) in [4.78, 5) is -0.184. The van der Waals surface area contributed by atoms with Crippen molar-refractivity contribution < 1.29 is 23.4 Å². The van der Waals surface area contributed by atoms with Crippen LogP contribution in [0.1, 0.15) is 0 Å². The summed E-state index contributed by atoms with van der Waals surface area (Å²) in [5.74, 6) is -0.728. The molecule has 0 fully saturated rings. The van der Waals surface area contributed by atoms with Crippen LogP contribution in [0.4, 0.5) is 5.69 Å². The molecule has 0 saturated carbocycles. The van der Waals surface area contributed by atoms with Gasteiger partial charge in [0, 0.05) is 12.1 Å². The quantitative estimate of drug-likeness (QED) is 0.500. The van der Waals surface area contributed by atoms with Gasteiger partial charge in [-0.25, -0.2) is 8.42 Å². The van der Waals surface area contributed by atoms with E-state index in [1.54, 1.807) is 0 Å². The van der Waals surface area contributed by atoms with E-state index in [0.29, 0.717) is 0 Å². The van der Waals surface area contributed by atoms with Crippen molar-refractivity contribution in [3.05, 3.63) is 12.1 Å². The topological polar surface area (TPSA) is 110 Å². The molecule has 16 heavy (non-hydrogen) atoms. The molecule has 0 spiro atoms. The van der Waals surface area contributed by atoms with Crippen LogP contribution in [0.15, 0.2) is 17.0 Å². The van der Waals surface area contributed by atoms with Crippen molar-refractivity contribution >= 4 is 15.5 Å². The van der Waals surface area contributed by atoms with Crippen molar-refractivity contribution in [2.24, 2.45) is 0 Å². The maximum atomic E-state index is 11.7. The van der Waals surface area contributed by atoms with Gasteiger partial charge in [-0.05, 0) is 0 Å². The highest BCUT2D eigenvalue weighted by atomic mass is 32.2. The summed E-state index contributed by atoms with van der Waals surface area (Å²) < 4.78 is 28.2. The average molecular weight is 247 g/mol. The molecule has 0 atom stereocenters. The monoisotopic (exact) mass is 247 g/mol. The van der Waals surface area contributed by atoms with E-state index in [-0.39, 0.29) is 22.1 Å². The lowest BCUT2D eigenvalue weighted by molar-refractivity contribution is 0.319. The van der Waals surface area contributed by atoms with Gasteiger partial charge in [-0.3, -0.25) is 0 Å². The van der Waals surface area contributed by atoms with Gasteiger partial charge in [-0.1, -0.05) is 0 Å². The molecule has 1 rings (SSSR count). The first kappa shape index (κ1) is 12.6. The Balaban J connectivity index is 3.38. The fourth-order valence-corrected chi connectivity index (χ4v) is 2.40. The molecule has 0 saturated heterocycles. The minimum Gasteiger partial charge on any atom is -0.506 e. The van der Waals surface area contributed by atoms with E-state index < -0.39 is 22.2 Å². The predicted octanol–water partition coefficient (Wildman–Crippen LogP) is -0.251. The van der Waals surface area contributed by atoms with Gasteiger partial charge in [0.1, 0.15) is 16.4 Å². The Hall–Kier alpha value is -1.47. The van der Waals surface area contributed by atoms with Crippen molar-refractivity contribution in [1.82, 2.24) is 0 Å². The zero-order chi connectivity index (χ0) is 12.3. The maximum absolute atomic E-state index is 11.7. The van der Waals surface area contributed by atoms with E-state index in [1.165, 1.54) is 13.2 Å². The van der Waals surface area contributed by atoms with E-state index in [9.17, 15) is 13.5 Å². The first-order chi connectivity index (χ1) is 7.42. The summed E-state index contributed by atoms with van der Waals surface area (Å²) in [5.41, 5.74) is 5.44. The van der Waals surface area contributed by atoms with Crippen molar-refractivity contribution in [3.8, 4) is 11.5 Å². The van der Waals surface area contributed by atoms with E-state index in [2.05, 4.69) is 0 Å². The molecule has 0 aliphatic heterocycles. The van der Waals surface area contributed by atoms with Gasteiger partial charge in [0.2, 0.25) is 0 Å². The van der Waals surface area contributed by atoms with Crippen LogP contribution in [-0.4, -0.2) is 38.1 Å². The maximum Gasteiger partial charge on any atom is 0.184 e. The first-order valence-corrected chi connectivity index (χ1v) is 6.07. The number of nitrogens with two attached hydrogens (primary N) is 1. The Morgan fingerprint density at radius 2 is 2.06 bits per heavy atom. The second-order valence-corrected chi connectivity index (χ2v) is 5.18. The van der Waals surface area contributed by atoms with Crippen LogP contribution >= 0.6 is 0 Å². The van der Waals surface area contributed by atoms with Crippen LogP contribution in [0.2, 0.25) is 0 Å². The van der Waals surface area contributed by atoms with Crippen molar-refractivity contribution in [3.63, 3.8) is 0 Å². The number of nitrogen functional groups attached to an aromatic ring is 1. The third-order valence-electron chi connectivity index (χ3n) is 2.01. The summed E-state index contributed by atoms with van der Waals surface area (Å²) in [6.45, 7) is -0.503. The molecule has 0 bridgehead atoms. The molecule has 1 aromatic carbocycles. The number of hydrogen-bond acceptors (Lipinski definition) is 6. The van der Waals surface area contributed by atoms with Crippen LogP contribution in [-0.2, 0) is 9.84 Å². The van der Waals surface area contributed by atoms with Crippen LogP contribution < -0.4 is 10.5 Å². The molecule has 6 nitrogen and oxygen atoms in total. The third kappa shape index (κ3) is 2.37. The molecule has 4 N–H and O–H groups in total. The predicted molar refractivity (Wildman–Crippen MR) is 58.2 cm³/mol. The zero-order valence-corrected chi connectivity index (χ0v) is 9.49. The molecular weight excluding hydrogens is 234 g/mol. The molecule has 0 heterocycles. The molecule has 0 aliphatic rings. The van der Waals surface area contributed by atoms with E-state index in [4.69, 9.17) is 15.6 Å². The molecule has 0 amide bonds. The third-order valence-corrected chi connectivity index (χ3v) is 3.72. The number of phenolic OH excluding ortho intramolecular Hbond substituents is 1. The highest BCUT2D eigenvalue weighted by Gasteiger charge is 2.21. The number of phenols is 1. The lowest BCUT2D eigenvalue weighted by Gasteiger charge is -2.10. The van der Waals surface area contributed by atoms with E-state index >= 15 is 0 Å². The van der Waals surface area contributed by atoms with E-state index in [1.807, 2.05) is 0 Å². The second kappa shape index (κ2) is 4.58. The number of anilines is 1. The number of aliphatic hydroxyl groups excluding tert-OH is 1. The number of hydrogen-bond donors (Lipinski definition) is 3. The number of methoxy groups -OCH3 is 1.